The fourth-order valence-corrected chi connectivity index (χ4v) is 4.91. The molecule has 0 saturated heterocycles. The molecule has 0 heterocycles. The lowest BCUT2D eigenvalue weighted by atomic mass is 10.1. The van der Waals surface area contributed by atoms with Crippen LogP contribution in [-0.2, 0) is 14.3 Å². The molecule has 8 nitrogen and oxygen atoms in total. The Morgan fingerprint density at radius 3 is 1.74 bits per heavy atom. The molecule has 0 aliphatic rings. The second-order valence-corrected chi connectivity index (χ2v) is 11.1. The summed E-state index contributed by atoms with van der Waals surface area (Å²) in [6.45, 7) is 5.92. The second kappa shape index (κ2) is 21.1. The summed E-state index contributed by atoms with van der Waals surface area (Å²) >= 11 is 0. The predicted octanol–water partition coefficient (Wildman–Crippen LogP) is 7.99. The van der Waals surface area contributed by atoms with Crippen LogP contribution in [0.3, 0.4) is 0 Å². The Labute approximate surface area is 258 Å². The molecule has 2 aromatic rings. The summed E-state index contributed by atoms with van der Waals surface area (Å²) in [5.41, 5.74) is 1.60. The number of esters is 1. The molecule has 2 aromatic carbocycles. The highest BCUT2D eigenvalue weighted by Gasteiger charge is 2.16. The molecule has 0 spiro atoms. The SMILES string of the molecule is CCCCCCCCN(CCCCCCCC)C(=O)CCC(=O)Nc1cccc(C(=O)Nc2cccc(C(=O)OC)c2)c1. The highest BCUT2D eigenvalue weighted by atomic mass is 16.5. The number of amides is 3. The first-order valence-corrected chi connectivity index (χ1v) is 16.0. The smallest absolute Gasteiger partial charge is 0.337 e. The molecule has 0 unspecified atom stereocenters. The van der Waals surface area contributed by atoms with Crippen LogP contribution >= 0.6 is 0 Å². The van der Waals surface area contributed by atoms with Crippen molar-refractivity contribution in [2.75, 3.05) is 30.8 Å². The van der Waals surface area contributed by atoms with E-state index in [1.54, 1.807) is 42.5 Å². The van der Waals surface area contributed by atoms with E-state index < -0.39 is 5.97 Å². The van der Waals surface area contributed by atoms with Crippen molar-refractivity contribution in [1.29, 1.82) is 0 Å². The Hall–Kier alpha value is -3.68. The van der Waals surface area contributed by atoms with E-state index in [-0.39, 0.29) is 30.6 Å². The maximum Gasteiger partial charge on any atom is 0.337 e. The summed E-state index contributed by atoms with van der Waals surface area (Å²) < 4.78 is 4.73. The number of unbranched alkanes of at least 4 members (excludes halogenated alkanes) is 10. The molecule has 2 rings (SSSR count). The van der Waals surface area contributed by atoms with Crippen LogP contribution in [0.25, 0.3) is 0 Å². The third kappa shape index (κ3) is 14.4. The number of carbonyl (C=O) groups is 4. The van der Waals surface area contributed by atoms with Gasteiger partial charge in [0.05, 0.1) is 12.7 Å². The van der Waals surface area contributed by atoms with Crippen molar-refractivity contribution in [2.24, 2.45) is 0 Å². The number of carbonyl (C=O) groups excluding carboxylic acids is 4. The summed E-state index contributed by atoms with van der Waals surface area (Å²) in [7, 11) is 1.30. The van der Waals surface area contributed by atoms with Gasteiger partial charge in [0.15, 0.2) is 0 Å². The summed E-state index contributed by atoms with van der Waals surface area (Å²) in [6.07, 6.45) is 14.3. The molecule has 0 aromatic heterocycles. The first-order valence-electron chi connectivity index (χ1n) is 16.0. The van der Waals surface area contributed by atoms with Crippen molar-refractivity contribution >= 4 is 35.1 Å². The zero-order valence-corrected chi connectivity index (χ0v) is 26.4. The van der Waals surface area contributed by atoms with Gasteiger partial charge in [-0.1, -0.05) is 90.2 Å². The number of hydrogen-bond donors (Lipinski definition) is 2. The Bertz CT molecular complexity index is 1130. The van der Waals surface area contributed by atoms with Crippen molar-refractivity contribution < 1.29 is 23.9 Å². The molecule has 2 N–H and O–H groups in total. The Kier molecular flexibility index (Phi) is 17.4. The average Bonchev–Trinajstić information content (AvgIpc) is 3.02. The number of ether oxygens (including phenoxy) is 1. The Balaban J connectivity index is 1.88. The highest BCUT2D eigenvalue weighted by molar-refractivity contribution is 6.06. The molecule has 43 heavy (non-hydrogen) atoms. The lowest BCUT2D eigenvalue weighted by molar-refractivity contribution is -0.133. The average molecular weight is 594 g/mol. The minimum atomic E-state index is -0.493. The summed E-state index contributed by atoms with van der Waals surface area (Å²) in [4.78, 5) is 52.4. The number of nitrogens with zero attached hydrogens (tertiary/aromatic N) is 1. The topological polar surface area (TPSA) is 105 Å². The van der Waals surface area contributed by atoms with Crippen molar-refractivity contribution in [3.05, 3.63) is 59.7 Å². The van der Waals surface area contributed by atoms with Gasteiger partial charge in [0.2, 0.25) is 11.8 Å². The molecular formula is C35H51N3O5. The quantitative estimate of drug-likeness (QED) is 0.113. The van der Waals surface area contributed by atoms with Crippen LogP contribution in [0.1, 0.15) is 124 Å². The van der Waals surface area contributed by atoms with Crippen LogP contribution in [0.5, 0.6) is 0 Å². The van der Waals surface area contributed by atoms with Gasteiger partial charge in [-0.3, -0.25) is 14.4 Å². The van der Waals surface area contributed by atoms with Crippen LogP contribution in [0.2, 0.25) is 0 Å². The Morgan fingerprint density at radius 1 is 0.651 bits per heavy atom. The highest BCUT2D eigenvalue weighted by Crippen LogP contribution is 2.17. The molecule has 8 heteroatoms. The monoisotopic (exact) mass is 593 g/mol. The van der Waals surface area contributed by atoms with Gasteiger partial charge in [0.25, 0.3) is 5.91 Å². The van der Waals surface area contributed by atoms with Crippen LogP contribution in [0.4, 0.5) is 11.4 Å². The predicted molar refractivity (Wildman–Crippen MR) is 173 cm³/mol. The Morgan fingerprint density at radius 2 is 1.16 bits per heavy atom. The van der Waals surface area contributed by atoms with Crippen LogP contribution < -0.4 is 10.6 Å². The van der Waals surface area contributed by atoms with Crippen LogP contribution in [0.15, 0.2) is 48.5 Å². The van der Waals surface area contributed by atoms with Gasteiger partial charge in [0.1, 0.15) is 0 Å². The van der Waals surface area contributed by atoms with Crippen LogP contribution in [-0.4, -0.2) is 48.8 Å². The minimum absolute atomic E-state index is 0.0274. The van der Waals surface area contributed by atoms with Gasteiger partial charge in [-0.05, 0) is 49.2 Å². The first-order chi connectivity index (χ1) is 20.9. The summed E-state index contributed by atoms with van der Waals surface area (Å²) in [5, 5.41) is 5.58. The van der Waals surface area contributed by atoms with E-state index in [1.165, 1.54) is 64.5 Å². The molecule has 236 valence electrons. The lowest BCUT2D eigenvalue weighted by Gasteiger charge is -2.23. The molecular weight excluding hydrogens is 542 g/mol. The van der Waals surface area contributed by atoms with E-state index in [0.29, 0.717) is 22.5 Å². The van der Waals surface area contributed by atoms with Gasteiger partial charge in [0, 0.05) is 42.9 Å². The first kappa shape index (κ1) is 35.5. The lowest BCUT2D eigenvalue weighted by Crippen LogP contribution is -2.33. The van der Waals surface area contributed by atoms with E-state index in [1.807, 2.05) is 4.90 Å². The van der Waals surface area contributed by atoms with Crippen LogP contribution in [0, 0.1) is 0 Å². The number of methoxy groups -OCH3 is 1. The van der Waals surface area contributed by atoms with Crippen molar-refractivity contribution in [3.8, 4) is 0 Å². The van der Waals surface area contributed by atoms with Crippen molar-refractivity contribution in [2.45, 2.75) is 104 Å². The molecule has 3 amide bonds. The molecule has 0 saturated carbocycles. The zero-order chi connectivity index (χ0) is 31.3. The number of rotatable bonds is 21. The number of nitrogens with one attached hydrogen (secondary N) is 2. The standard InChI is InChI=1S/C35H51N3O5/c1-4-6-8-10-12-14-24-38(25-15-13-11-9-7-5-2)33(40)23-22-32(39)36-30-20-16-18-28(26-30)34(41)37-31-21-17-19-29(27-31)35(42)43-3/h16-21,26-27H,4-15,22-25H2,1-3H3,(H,36,39)(H,37,41). The fraction of sp³-hybridized carbons (Fsp3) is 0.543. The number of hydrogen-bond acceptors (Lipinski definition) is 5. The fourth-order valence-electron chi connectivity index (χ4n) is 4.91. The number of anilines is 2. The second-order valence-electron chi connectivity index (χ2n) is 11.1. The van der Waals surface area contributed by atoms with Gasteiger partial charge >= 0.3 is 5.97 Å². The maximum absolute atomic E-state index is 13.1. The van der Waals surface area contributed by atoms with Gasteiger partial charge in [-0.25, -0.2) is 4.79 Å². The third-order valence-corrected chi connectivity index (χ3v) is 7.43. The van der Waals surface area contributed by atoms with E-state index in [4.69, 9.17) is 4.74 Å². The van der Waals surface area contributed by atoms with Crippen molar-refractivity contribution in [3.63, 3.8) is 0 Å². The van der Waals surface area contributed by atoms with Crippen molar-refractivity contribution in [1.82, 2.24) is 4.90 Å². The molecule has 0 bridgehead atoms. The third-order valence-electron chi connectivity index (χ3n) is 7.43. The maximum atomic E-state index is 13.1. The van der Waals surface area contributed by atoms with E-state index >= 15 is 0 Å². The molecule has 0 fully saturated rings. The summed E-state index contributed by atoms with van der Waals surface area (Å²) in [6, 6.07) is 13.1. The molecule has 0 aliphatic carbocycles. The zero-order valence-electron chi connectivity index (χ0n) is 26.4. The van der Waals surface area contributed by atoms with E-state index in [9.17, 15) is 19.2 Å². The van der Waals surface area contributed by atoms with Gasteiger partial charge < -0.3 is 20.3 Å². The summed E-state index contributed by atoms with van der Waals surface area (Å²) in [5.74, 6) is -1.11. The largest absolute Gasteiger partial charge is 0.465 e. The molecule has 0 aliphatic heterocycles. The van der Waals surface area contributed by atoms with E-state index in [2.05, 4.69) is 24.5 Å². The minimum Gasteiger partial charge on any atom is -0.465 e. The van der Waals surface area contributed by atoms with E-state index in [0.717, 1.165) is 38.8 Å². The normalized spacial score (nSPS) is 10.7. The van der Waals surface area contributed by atoms with Gasteiger partial charge in [-0.15, -0.1) is 0 Å². The molecule has 0 radical (unpaired) electrons. The number of benzene rings is 2. The van der Waals surface area contributed by atoms with Gasteiger partial charge in [-0.2, -0.15) is 0 Å². The molecule has 0 atom stereocenters.